The number of aliphatic hydroxyl groups is 1. The molecule has 0 aliphatic carbocycles. The molecule has 1 N–H and O–H groups in total. The maximum Gasteiger partial charge on any atom is 0.343 e. The summed E-state index contributed by atoms with van der Waals surface area (Å²) in [6.45, 7) is 3.83. The van der Waals surface area contributed by atoms with Crippen molar-refractivity contribution in [1.82, 2.24) is 9.78 Å². The van der Waals surface area contributed by atoms with Crippen LogP contribution in [0.25, 0.3) is 0 Å². The summed E-state index contributed by atoms with van der Waals surface area (Å²) in [6.07, 6.45) is 1.67. The monoisotopic (exact) mass is 355 g/mol. The van der Waals surface area contributed by atoms with Crippen molar-refractivity contribution in [2.45, 2.75) is 26.8 Å². The molecule has 1 aliphatic rings. The van der Waals surface area contributed by atoms with Gasteiger partial charge < -0.3 is 9.84 Å². The molecular formula is C15H21N3O5S. The highest BCUT2D eigenvalue weighted by atomic mass is 32.2. The third-order valence-corrected chi connectivity index (χ3v) is 4.65. The van der Waals surface area contributed by atoms with Crippen molar-refractivity contribution >= 4 is 34.6 Å². The van der Waals surface area contributed by atoms with Crippen LogP contribution in [0.1, 0.15) is 30.6 Å². The summed E-state index contributed by atoms with van der Waals surface area (Å²) in [7, 11) is 0. The van der Waals surface area contributed by atoms with Gasteiger partial charge in [-0.3, -0.25) is 14.5 Å². The number of hydrogen-bond acceptors (Lipinski definition) is 7. The summed E-state index contributed by atoms with van der Waals surface area (Å²) in [6, 6.07) is 0. The topological polar surface area (TPSA) is 102 Å². The predicted octanol–water partition coefficient (Wildman–Crippen LogP) is 0.685. The standard InChI is InChI=1S/C15H21N3O5S/c1-3-23-15(22)12-7-16-18(4-5-19)14(12)17-8-11(6-13(17)21)9-24-10(2)20/h7,11,19H,3-6,8-9H2,1-2H3. The van der Waals surface area contributed by atoms with Gasteiger partial charge in [0.15, 0.2) is 5.12 Å². The largest absolute Gasteiger partial charge is 0.462 e. The lowest BCUT2D eigenvalue weighted by Gasteiger charge is -2.19. The van der Waals surface area contributed by atoms with Gasteiger partial charge in [0, 0.05) is 25.6 Å². The molecular weight excluding hydrogens is 334 g/mol. The molecule has 1 aromatic rings. The lowest BCUT2D eigenvalue weighted by molar-refractivity contribution is -0.117. The second kappa shape index (κ2) is 8.29. The Labute approximate surface area is 144 Å². The van der Waals surface area contributed by atoms with Crippen LogP contribution in [0.15, 0.2) is 6.20 Å². The number of amides is 1. The van der Waals surface area contributed by atoms with E-state index in [-0.39, 0.29) is 42.3 Å². The van der Waals surface area contributed by atoms with Gasteiger partial charge in [-0.05, 0) is 12.8 Å². The van der Waals surface area contributed by atoms with Gasteiger partial charge in [-0.1, -0.05) is 11.8 Å². The maximum atomic E-state index is 12.4. The van der Waals surface area contributed by atoms with Gasteiger partial charge in [0.1, 0.15) is 11.4 Å². The molecule has 0 radical (unpaired) electrons. The van der Waals surface area contributed by atoms with Gasteiger partial charge in [0.2, 0.25) is 5.91 Å². The van der Waals surface area contributed by atoms with Crippen LogP contribution in [-0.2, 0) is 20.9 Å². The second-order valence-corrected chi connectivity index (χ2v) is 6.62. The summed E-state index contributed by atoms with van der Waals surface area (Å²) in [4.78, 5) is 37.1. The van der Waals surface area contributed by atoms with Crippen molar-refractivity contribution in [2.24, 2.45) is 5.92 Å². The molecule has 1 atom stereocenters. The fourth-order valence-corrected chi connectivity index (χ4v) is 3.30. The number of ether oxygens (including phenoxy) is 1. The number of rotatable bonds is 7. The fourth-order valence-electron chi connectivity index (χ4n) is 2.61. The molecule has 0 bridgehead atoms. The van der Waals surface area contributed by atoms with Crippen LogP contribution in [0, 0.1) is 5.92 Å². The highest BCUT2D eigenvalue weighted by Crippen LogP contribution is 2.30. The first-order valence-corrected chi connectivity index (χ1v) is 8.74. The first kappa shape index (κ1) is 18.5. The first-order valence-electron chi connectivity index (χ1n) is 7.75. The highest BCUT2D eigenvalue weighted by molar-refractivity contribution is 8.13. The van der Waals surface area contributed by atoms with Crippen molar-refractivity contribution in [2.75, 3.05) is 30.4 Å². The van der Waals surface area contributed by atoms with Crippen LogP contribution in [0.5, 0.6) is 0 Å². The molecule has 8 nitrogen and oxygen atoms in total. The van der Waals surface area contributed by atoms with Gasteiger partial charge in [-0.2, -0.15) is 5.10 Å². The van der Waals surface area contributed by atoms with Gasteiger partial charge in [0.25, 0.3) is 0 Å². The molecule has 1 unspecified atom stereocenters. The van der Waals surface area contributed by atoms with E-state index in [1.54, 1.807) is 6.92 Å². The zero-order chi connectivity index (χ0) is 17.7. The van der Waals surface area contributed by atoms with Crippen molar-refractivity contribution in [1.29, 1.82) is 0 Å². The average molecular weight is 355 g/mol. The van der Waals surface area contributed by atoms with Crippen LogP contribution < -0.4 is 4.90 Å². The Kier molecular flexibility index (Phi) is 6.38. The molecule has 132 valence electrons. The Balaban J connectivity index is 2.25. The zero-order valence-corrected chi connectivity index (χ0v) is 14.5. The number of aliphatic hydroxyl groups excluding tert-OH is 1. The number of esters is 1. The van der Waals surface area contributed by atoms with E-state index in [2.05, 4.69) is 5.10 Å². The van der Waals surface area contributed by atoms with Gasteiger partial charge >= 0.3 is 5.97 Å². The molecule has 1 amide bonds. The smallest absolute Gasteiger partial charge is 0.343 e. The Hall–Kier alpha value is -1.87. The summed E-state index contributed by atoms with van der Waals surface area (Å²) in [5.41, 5.74) is 0.207. The van der Waals surface area contributed by atoms with E-state index >= 15 is 0 Å². The molecule has 0 aromatic carbocycles. The average Bonchev–Trinajstić information content (AvgIpc) is 3.09. The van der Waals surface area contributed by atoms with Gasteiger partial charge in [-0.25, -0.2) is 9.48 Å². The number of aromatic nitrogens is 2. The van der Waals surface area contributed by atoms with E-state index in [1.165, 1.54) is 34.5 Å². The Morgan fingerprint density at radius 1 is 1.50 bits per heavy atom. The Bertz CT molecular complexity index is 631. The van der Waals surface area contributed by atoms with E-state index in [0.717, 1.165) is 0 Å². The van der Waals surface area contributed by atoms with E-state index < -0.39 is 5.97 Å². The summed E-state index contributed by atoms with van der Waals surface area (Å²) < 4.78 is 6.45. The summed E-state index contributed by atoms with van der Waals surface area (Å²) in [5.74, 6) is 0.252. The molecule has 0 spiro atoms. The third kappa shape index (κ3) is 4.15. The van der Waals surface area contributed by atoms with Crippen LogP contribution in [0.2, 0.25) is 0 Å². The molecule has 2 rings (SSSR count). The normalized spacial score (nSPS) is 17.4. The second-order valence-electron chi connectivity index (χ2n) is 5.43. The van der Waals surface area contributed by atoms with E-state index in [1.807, 2.05) is 0 Å². The van der Waals surface area contributed by atoms with Gasteiger partial charge in [0.05, 0.1) is 26.0 Å². The SMILES string of the molecule is CCOC(=O)c1cnn(CCO)c1N1CC(CSC(C)=O)CC1=O. The van der Waals surface area contributed by atoms with Crippen LogP contribution in [-0.4, -0.2) is 57.4 Å². The molecule has 1 aliphatic heterocycles. The zero-order valence-electron chi connectivity index (χ0n) is 13.7. The lowest BCUT2D eigenvalue weighted by atomic mass is 10.1. The number of carbonyl (C=O) groups is 3. The Morgan fingerprint density at radius 3 is 2.88 bits per heavy atom. The number of nitrogens with zero attached hydrogens (tertiary/aromatic N) is 3. The minimum atomic E-state index is -0.550. The molecule has 1 fully saturated rings. The quantitative estimate of drug-likeness (QED) is 0.718. The lowest BCUT2D eigenvalue weighted by Crippen LogP contribution is -2.30. The van der Waals surface area contributed by atoms with Crippen molar-refractivity contribution < 1.29 is 24.2 Å². The van der Waals surface area contributed by atoms with E-state index in [4.69, 9.17) is 4.74 Å². The number of thioether (sulfide) groups is 1. The number of hydrogen-bond donors (Lipinski definition) is 1. The molecule has 24 heavy (non-hydrogen) atoms. The van der Waals surface area contributed by atoms with Crippen molar-refractivity contribution in [3.63, 3.8) is 0 Å². The molecule has 1 aromatic heterocycles. The molecule has 1 saturated heterocycles. The third-order valence-electron chi connectivity index (χ3n) is 3.60. The van der Waals surface area contributed by atoms with Crippen molar-refractivity contribution in [3.05, 3.63) is 11.8 Å². The summed E-state index contributed by atoms with van der Waals surface area (Å²) in [5, 5.41) is 13.3. The van der Waals surface area contributed by atoms with Crippen LogP contribution in [0.3, 0.4) is 0 Å². The van der Waals surface area contributed by atoms with Crippen LogP contribution >= 0.6 is 11.8 Å². The minimum absolute atomic E-state index is 0.0124. The summed E-state index contributed by atoms with van der Waals surface area (Å²) >= 11 is 1.19. The number of carbonyl (C=O) groups excluding carboxylic acids is 3. The highest BCUT2D eigenvalue weighted by Gasteiger charge is 2.35. The predicted molar refractivity (Wildman–Crippen MR) is 88.9 cm³/mol. The van der Waals surface area contributed by atoms with E-state index in [0.29, 0.717) is 24.5 Å². The maximum absolute atomic E-state index is 12.4. The van der Waals surface area contributed by atoms with Crippen molar-refractivity contribution in [3.8, 4) is 0 Å². The fraction of sp³-hybridized carbons (Fsp3) is 0.600. The molecule has 9 heteroatoms. The van der Waals surface area contributed by atoms with Gasteiger partial charge in [-0.15, -0.1) is 0 Å². The molecule has 2 heterocycles. The Morgan fingerprint density at radius 2 is 2.25 bits per heavy atom. The minimum Gasteiger partial charge on any atom is -0.462 e. The first-order chi connectivity index (χ1) is 11.5. The van der Waals surface area contributed by atoms with Crippen LogP contribution in [0.4, 0.5) is 5.82 Å². The van der Waals surface area contributed by atoms with E-state index in [9.17, 15) is 19.5 Å². The molecule has 0 saturated carbocycles. The number of anilines is 1.